The molecule has 2 aromatic rings. The molecule has 1 fully saturated rings. The quantitative estimate of drug-likeness (QED) is 0.841. The second-order valence-corrected chi connectivity index (χ2v) is 5.80. The highest BCUT2D eigenvalue weighted by molar-refractivity contribution is 9.10. The molecule has 0 amide bonds. The van der Waals surface area contributed by atoms with Crippen LogP contribution in [0, 0.1) is 6.92 Å². The monoisotopic (exact) mass is 317 g/mol. The van der Waals surface area contributed by atoms with Gasteiger partial charge in [0.1, 0.15) is 5.82 Å². The van der Waals surface area contributed by atoms with Crippen molar-refractivity contribution < 1.29 is 0 Å². The first-order valence-electron chi connectivity index (χ1n) is 6.54. The van der Waals surface area contributed by atoms with Gasteiger partial charge in [-0.1, -0.05) is 0 Å². The summed E-state index contributed by atoms with van der Waals surface area (Å²) in [6.45, 7) is 3.12. The lowest BCUT2D eigenvalue weighted by Crippen LogP contribution is -2.24. The van der Waals surface area contributed by atoms with Gasteiger partial charge in [0, 0.05) is 25.1 Å². The second-order valence-electron chi connectivity index (χ2n) is 4.95. The van der Waals surface area contributed by atoms with Crippen molar-refractivity contribution in [1.29, 1.82) is 0 Å². The van der Waals surface area contributed by atoms with Gasteiger partial charge in [-0.2, -0.15) is 0 Å². The third-order valence-corrected chi connectivity index (χ3v) is 4.16. The van der Waals surface area contributed by atoms with E-state index in [1.165, 1.54) is 24.0 Å². The summed E-state index contributed by atoms with van der Waals surface area (Å²) < 4.78 is 1.08. The number of rotatable bonds is 2. The van der Waals surface area contributed by atoms with Crippen LogP contribution in [0.3, 0.4) is 0 Å². The number of aryl methyl sites for hydroxylation is 1. The molecule has 1 atom stereocenters. The molecule has 3 nitrogen and oxygen atoms in total. The minimum absolute atomic E-state index is 0.412. The van der Waals surface area contributed by atoms with Gasteiger partial charge in [0.05, 0.1) is 10.5 Å². The predicted molar refractivity (Wildman–Crippen MR) is 80.2 cm³/mol. The van der Waals surface area contributed by atoms with Crippen LogP contribution in [0.15, 0.2) is 41.3 Å². The molecule has 3 rings (SSSR count). The second kappa shape index (κ2) is 5.29. The van der Waals surface area contributed by atoms with Crippen LogP contribution >= 0.6 is 15.9 Å². The number of pyridine rings is 2. The van der Waals surface area contributed by atoms with E-state index in [0.717, 1.165) is 16.8 Å². The number of halogens is 1. The highest BCUT2D eigenvalue weighted by Crippen LogP contribution is 2.38. The van der Waals surface area contributed by atoms with Crippen molar-refractivity contribution in [2.45, 2.75) is 25.8 Å². The Balaban J connectivity index is 1.95. The normalized spacial score (nSPS) is 18.8. The molecule has 1 unspecified atom stereocenters. The largest absolute Gasteiger partial charge is 0.349 e. The number of hydrogen-bond donors (Lipinski definition) is 0. The van der Waals surface area contributed by atoms with Crippen LogP contribution in [0.1, 0.15) is 30.0 Å². The molecule has 0 N–H and O–H groups in total. The van der Waals surface area contributed by atoms with Crippen LogP contribution in [0.2, 0.25) is 0 Å². The standard InChI is InChI=1S/C15H16BrN3/c1-11-9-13(16)15(18-10-11)19-8-2-3-14(19)12-4-6-17-7-5-12/h4-7,9-10,14H,2-3,8H2,1H3. The lowest BCUT2D eigenvalue weighted by Gasteiger charge is -2.27. The Kier molecular flexibility index (Phi) is 3.51. The van der Waals surface area contributed by atoms with Gasteiger partial charge in [-0.3, -0.25) is 4.98 Å². The molecule has 2 aromatic heterocycles. The van der Waals surface area contributed by atoms with E-state index < -0.39 is 0 Å². The maximum absolute atomic E-state index is 4.60. The summed E-state index contributed by atoms with van der Waals surface area (Å²) >= 11 is 3.64. The number of anilines is 1. The van der Waals surface area contributed by atoms with Crippen LogP contribution in [0.5, 0.6) is 0 Å². The SMILES string of the molecule is Cc1cnc(N2CCCC2c2ccncc2)c(Br)c1. The molecule has 0 aliphatic carbocycles. The fourth-order valence-electron chi connectivity index (χ4n) is 2.69. The number of nitrogens with zero attached hydrogens (tertiary/aromatic N) is 3. The van der Waals surface area contributed by atoms with Gasteiger partial charge in [0.25, 0.3) is 0 Å². The van der Waals surface area contributed by atoms with Gasteiger partial charge >= 0.3 is 0 Å². The molecule has 1 saturated heterocycles. The fourth-order valence-corrected chi connectivity index (χ4v) is 3.38. The average molecular weight is 318 g/mol. The molecule has 98 valence electrons. The zero-order valence-corrected chi connectivity index (χ0v) is 12.5. The van der Waals surface area contributed by atoms with Crippen LogP contribution in [0.25, 0.3) is 0 Å². The van der Waals surface area contributed by atoms with Gasteiger partial charge in [-0.25, -0.2) is 4.98 Å². The maximum Gasteiger partial charge on any atom is 0.143 e. The lowest BCUT2D eigenvalue weighted by atomic mass is 10.1. The first-order valence-corrected chi connectivity index (χ1v) is 7.34. The van der Waals surface area contributed by atoms with Gasteiger partial charge in [-0.05, 0) is 65.0 Å². The molecule has 3 heterocycles. The van der Waals surface area contributed by atoms with Gasteiger partial charge in [0.15, 0.2) is 0 Å². The van der Waals surface area contributed by atoms with E-state index in [1.54, 1.807) is 0 Å². The van der Waals surface area contributed by atoms with E-state index in [1.807, 2.05) is 18.6 Å². The highest BCUT2D eigenvalue weighted by atomic mass is 79.9. The molecule has 1 aliphatic rings. The lowest BCUT2D eigenvalue weighted by molar-refractivity contribution is 0.709. The predicted octanol–water partition coefficient (Wildman–Crippen LogP) is 3.89. The molecular weight excluding hydrogens is 302 g/mol. The van der Waals surface area contributed by atoms with E-state index >= 15 is 0 Å². The molecular formula is C15H16BrN3. The van der Waals surface area contributed by atoms with Gasteiger partial charge in [-0.15, -0.1) is 0 Å². The smallest absolute Gasteiger partial charge is 0.143 e. The summed E-state index contributed by atoms with van der Waals surface area (Å²) in [7, 11) is 0. The van der Waals surface area contributed by atoms with Crippen molar-refractivity contribution in [3.63, 3.8) is 0 Å². The molecule has 1 aliphatic heterocycles. The minimum atomic E-state index is 0.412. The zero-order valence-electron chi connectivity index (χ0n) is 10.9. The van der Waals surface area contributed by atoms with E-state index in [-0.39, 0.29) is 0 Å². The zero-order chi connectivity index (χ0) is 13.2. The van der Waals surface area contributed by atoms with Gasteiger partial charge < -0.3 is 4.90 Å². The van der Waals surface area contributed by atoms with Crippen molar-refractivity contribution in [3.8, 4) is 0 Å². The van der Waals surface area contributed by atoms with E-state index in [0.29, 0.717) is 6.04 Å². The summed E-state index contributed by atoms with van der Waals surface area (Å²) in [5.74, 6) is 1.05. The van der Waals surface area contributed by atoms with E-state index in [4.69, 9.17) is 0 Å². The maximum atomic E-state index is 4.60. The molecule has 0 radical (unpaired) electrons. The summed E-state index contributed by atoms with van der Waals surface area (Å²) in [4.78, 5) is 11.1. The first-order chi connectivity index (χ1) is 9.25. The third kappa shape index (κ3) is 2.50. The van der Waals surface area contributed by atoms with Crippen molar-refractivity contribution in [3.05, 3.63) is 52.4 Å². The number of aromatic nitrogens is 2. The number of hydrogen-bond acceptors (Lipinski definition) is 3. The summed E-state index contributed by atoms with van der Waals surface area (Å²) in [6, 6.07) is 6.75. The Labute approximate surface area is 121 Å². The van der Waals surface area contributed by atoms with E-state index in [9.17, 15) is 0 Å². The topological polar surface area (TPSA) is 29.0 Å². The summed E-state index contributed by atoms with van der Waals surface area (Å²) in [5.41, 5.74) is 2.50. The fraction of sp³-hybridized carbons (Fsp3) is 0.333. The highest BCUT2D eigenvalue weighted by Gasteiger charge is 2.28. The Morgan fingerprint density at radius 2 is 2.11 bits per heavy atom. The van der Waals surface area contributed by atoms with Crippen LogP contribution in [0.4, 0.5) is 5.82 Å². The Morgan fingerprint density at radius 1 is 1.32 bits per heavy atom. The van der Waals surface area contributed by atoms with Crippen LogP contribution in [-0.2, 0) is 0 Å². The molecule has 0 aromatic carbocycles. The van der Waals surface area contributed by atoms with E-state index in [2.05, 4.69) is 55.9 Å². The Bertz CT molecular complexity index is 571. The van der Waals surface area contributed by atoms with Crippen molar-refractivity contribution in [2.75, 3.05) is 11.4 Å². The first kappa shape index (κ1) is 12.6. The minimum Gasteiger partial charge on any atom is -0.349 e. The summed E-state index contributed by atoms with van der Waals surface area (Å²) in [6.07, 6.45) is 8.04. The molecule has 19 heavy (non-hydrogen) atoms. The Morgan fingerprint density at radius 3 is 2.84 bits per heavy atom. The van der Waals surface area contributed by atoms with Crippen molar-refractivity contribution in [1.82, 2.24) is 9.97 Å². The van der Waals surface area contributed by atoms with Crippen LogP contribution in [-0.4, -0.2) is 16.5 Å². The van der Waals surface area contributed by atoms with Crippen molar-refractivity contribution in [2.24, 2.45) is 0 Å². The molecule has 0 saturated carbocycles. The molecule has 0 bridgehead atoms. The molecule has 4 heteroatoms. The third-order valence-electron chi connectivity index (χ3n) is 3.57. The van der Waals surface area contributed by atoms with Crippen LogP contribution < -0.4 is 4.90 Å². The molecule has 0 spiro atoms. The van der Waals surface area contributed by atoms with Crippen molar-refractivity contribution >= 4 is 21.7 Å². The Hall–Kier alpha value is -1.42. The van der Waals surface area contributed by atoms with Gasteiger partial charge in [0.2, 0.25) is 0 Å². The summed E-state index contributed by atoms with van der Waals surface area (Å²) in [5, 5.41) is 0. The average Bonchev–Trinajstić information content (AvgIpc) is 2.89.